The number of carbonyl (C=O) groups excluding carboxylic acids is 2. The Bertz CT molecular complexity index is 741. The van der Waals surface area contributed by atoms with E-state index in [1.54, 1.807) is 0 Å². The summed E-state index contributed by atoms with van der Waals surface area (Å²) in [5.41, 5.74) is 1.68. The van der Waals surface area contributed by atoms with E-state index in [1.165, 1.54) is 0 Å². The van der Waals surface area contributed by atoms with Gasteiger partial charge in [0.15, 0.2) is 0 Å². The van der Waals surface area contributed by atoms with Crippen LogP contribution < -0.4 is 5.32 Å². The summed E-state index contributed by atoms with van der Waals surface area (Å²) in [6.45, 7) is 1.83. The van der Waals surface area contributed by atoms with Gasteiger partial charge in [0.25, 0.3) is 0 Å². The van der Waals surface area contributed by atoms with Crippen LogP contribution in [0.3, 0.4) is 0 Å². The molecule has 5 nitrogen and oxygen atoms in total. The van der Waals surface area contributed by atoms with Crippen LogP contribution in [0.15, 0.2) is 18.2 Å². The van der Waals surface area contributed by atoms with Gasteiger partial charge in [-0.2, -0.15) is 0 Å². The Balaban J connectivity index is 2.17. The van der Waals surface area contributed by atoms with E-state index < -0.39 is 6.04 Å². The molecule has 1 N–H and O–H groups in total. The van der Waals surface area contributed by atoms with Crippen LogP contribution in [0.1, 0.15) is 37.0 Å². The van der Waals surface area contributed by atoms with E-state index in [9.17, 15) is 9.59 Å². The molecule has 1 saturated heterocycles. The zero-order valence-corrected chi connectivity index (χ0v) is 14.2. The highest BCUT2D eigenvalue weighted by Gasteiger charge is 2.31. The molecule has 2 unspecified atom stereocenters. The number of rotatable bonds is 2. The van der Waals surface area contributed by atoms with Gasteiger partial charge in [-0.05, 0) is 54.1 Å². The minimum atomic E-state index is -0.441. The Labute approximate surface area is 140 Å². The fourth-order valence-electron chi connectivity index (χ4n) is 2.63. The molecule has 1 aliphatic rings. The maximum atomic E-state index is 12.2. The minimum Gasteiger partial charge on any atom is -0.314 e. The van der Waals surface area contributed by atoms with Gasteiger partial charge < -0.3 is 4.57 Å². The van der Waals surface area contributed by atoms with Gasteiger partial charge in [0.1, 0.15) is 11.9 Å². The van der Waals surface area contributed by atoms with Crippen molar-refractivity contribution in [1.82, 2.24) is 14.9 Å². The number of nitrogens with zero attached hydrogens (tertiary/aromatic N) is 2. The lowest BCUT2D eigenvalue weighted by Gasteiger charge is -2.24. The number of amides is 2. The third-order valence-electron chi connectivity index (χ3n) is 3.56. The summed E-state index contributed by atoms with van der Waals surface area (Å²) in [6.07, 6.45) is 0.801. The largest absolute Gasteiger partial charge is 0.314 e. The van der Waals surface area contributed by atoms with Crippen LogP contribution in [0.25, 0.3) is 11.0 Å². The van der Waals surface area contributed by atoms with Crippen molar-refractivity contribution in [2.24, 2.45) is 0 Å². The molecule has 2 atom stereocenters. The van der Waals surface area contributed by atoms with Crippen LogP contribution in [0.5, 0.6) is 0 Å². The zero-order valence-electron chi connectivity index (χ0n) is 11.3. The van der Waals surface area contributed by atoms with Gasteiger partial charge in [0.2, 0.25) is 11.8 Å². The first-order valence-corrected chi connectivity index (χ1v) is 8.14. The van der Waals surface area contributed by atoms with Gasteiger partial charge in [-0.25, -0.2) is 4.98 Å². The average molecular weight is 418 g/mol. The standard InChI is InChI=1S/C14H13ClIN3O2/c1-7(15)13-17-9-6-8(16)2-3-10(9)19(13)11-4-5-12(20)18-14(11)21/h2-3,6-7,11H,4-5H2,1H3,(H,18,20,21). The first-order valence-electron chi connectivity index (χ1n) is 6.62. The molecule has 1 aromatic heterocycles. The summed E-state index contributed by atoms with van der Waals surface area (Å²) in [4.78, 5) is 28.1. The number of piperidine rings is 1. The van der Waals surface area contributed by atoms with E-state index in [2.05, 4.69) is 32.9 Å². The molecule has 0 aliphatic carbocycles. The first-order chi connectivity index (χ1) is 9.97. The number of hydrogen-bond acceptors (Lipinski definition) is 3. The molecular formula is C14H13ClIN3O2. The second kappa shape index (κ2) is 5.57. The molecule has 7 heteroatoms. The summed E-state index contributed by atoms with van der Waals surface area (Å²) in [5, 5.41) is 2.07. The van der Waals surface area contributed by atoms with Gasteiger partial charge in [-0.3, -0.25) is 14.9 Å². The minimum absolute atomic E-state index is 0.226. The topological polar surface area (TPSA) is 64.0 Å². The van der Waals surface area contributed by atoms with Crippen molar-refractivity contribution in [2.45, 2.75) is 31.2 Å². The van der Waals surface area contributed by atoms with Crippen LogP contribution in [0, 0.1) is 3.57 Å². The highest BCUT2D eigenvalue weighted by Crippen LogP contribution is 2.31. The fourth-order valence-corrected chi connectivity index (χ4v) is 3.26. The number of halogens is 2. The van der Waals surface area contributed by atoms with Crippen molar-refractivity contribution >= 4 is 57.0 Å². The normalized spacial score (nSPS) is 20.6. The molecule has 3 rings (SSSR count). The van der Waals surface area contributed by atoms with Gasteiger partial charge >= 0.3 is 0 Å². The van der Waals surface area contributed by atoms with Crippen molar-refractivity contribution in [3.63, 3.8) is 0 Å². The number of aromatic nitrogens is 2. The van der Waals surface area contributed by atoms with Crippen LogP contribution in [0.4, 0.5) is 0 Å². The highest BCUT2D eigenvalue weighted by atomic mass is 127. The second-order valence-electron chi connectivity index (χ2n) is 5.06. The number of imide groups is 1. The number of fused-ring (bicyclic) bond motifs is 1. The summed E-state index contributed by atoms with van der Waals surface area (Å²) < 4.78 is 2.94. The third-order valence-corrected chi connectivity index (χ3v) is 4.42. The molecular weight excluding hydrogens is 405 g/mol. The third kappa shape index (κ3) is 2.66. The Morgan fingerprint density at radius 1 is 1.48 bits per heavy atom. The summed E-state index contributed by atoms with van der Waals surface area (Å²) in [6, 6.07) is 5.43. The predicted octanol–water partition coefficient (Wildman–Crippen LogP) is 2.92. The summed E-state index contributed by atoms with van der Waals surface area (Å²) >= 11 is 8.45. The van der Waals surface area contributed by atoms with Crippen LogP contribution >= 0.6 is 34.2 Å². The van der Waals surface area contributed by atoms with Gasteiger partial charge in [-0.15, -0.1) is 11.6 Å². The highest BCUT2D eigenvalue weighted by molar-refractivity contribution is 14.1. The SMILES string of the molecule is CC(Cl)c1nc2cc(I)ccc2n1C1CCC(=O)NC1=O. The molecule has 2 amide bonds. The van der Waals surface area contributed by atoms with Gasteiger partial charge in [0.05, 0.1) is 16.4 Å². The number of benzene rings is 1. The van der Waals surface area contributed by atoms with E-state index in [-0.39, 0.29) is 17.2 Å². The lowest BCUT2D eigenvalue weighted by Crippen LogP contribution is -2.42. The molecule has 0 spiro atoms. The quantitative estimate of drug-likeness (QED) is 0.464. The molecule has 0 radical (unpaired) electrons. The Morgan fingerprint density at radius 2 is 2.24 bits per heavy atom. The molecule has 1 aromatic carbocycles. The number of carbonyl (C=O) groups is 2. The maximum Gasteiger partial charge on any atom is 0.249 e. The number of alkyl halides is 1. The van der Waals surface area contributed by atoms with Crippen molar-refractivity contribution in [3.05, 3.63) is 27.6 Å². The van der Waals surface area contributed by atoms with Crippen LogP contribution in [0.2, 0.25) is 0 Å². The Morgan fingerprint density at radius 3 is 2.90 bits per heavy atom. The molecule has 2 heterocycles. The van der Waals surface area contributed by atoms with Crippen molar-refractivity contribution in [1.29, 1.82) is 0 Å². The summed E-state index contributed by atoms with van der Waals surface area (Å²) in [7, 11) is 0. The summed E-state index contributed by atoms with van der Waals surface area (Å²) in [5.74, 6) is 0.140. The van der Waals surface area contributed by atoms with Crippen molar-refractivity contribution in [3.8, 4) is 0 Å². The predicted molar refractivity (Wildman–Crippen MR) is 88.1 cm³/mol. The maximum absolute atomic E-state index is 12.2. The van der Waals surface area contributed by atoms with Crippen molar-refractivity contribution in [2.75, 3.05) is 0 Å². The molecule has 0 bridgehead atoms. The molecule has 110 valence electrons. The molecule has 1 fully saturated rings. The monoisotopic (exact) mass is 417 g/mol. The van der Waals surface area contributed by atoms with Crippen LogP contribution in [-0.2, 0) is 9.59 Å². The van der Waals surface area contributed by atoms with E-state index in [1.807, 2.05) is 29.7 Å². The molecule has 0 saturated carbocycles. The fraction of sp³-hybridized carbons (Fsp3) is 0.357. The number of imidazole rings is 1. The molecule has 2 aromatic rings. The molecule has 1 aliphatic heterocycles. The zero-order chi connectivity index (χ0) is 15.1. The smallest absolute Gasteiger partial charge is 0.249 e. The second-order valence-corrected chi connectivity index (χ2v) is 6.96. The number of hydrogen-bond donors (Lipinski definition) is 1. The van der Waals surface area contributed by atoms with E-state index in [4.69, 9.17) is 11.6 Å². The lowest BCUT2D eigenvalue weighted by atomic mass is 10.1. The molecule has 21 heavy (non-hydrogen) atoms. The van der Waals surface area contributed by atoms with Gasteiger partial charge in [-0.1, -0.05) is 0 Å². The van der Waals surface area contributed by atoms with E-state index in [0.29, 0.717) is 18.7 Å². The van der Waals surface area contributed by atoms with Crippen molar-refractivity contribution < 1.29 is 9.59 Å². The van der Waals surface area contributed by atoms with Crippen LogP contribution in [-0.4, -0.2) is 21.4 Å². The Hall–Kier alpha value is -1.15. The first kappa shape index (κ1) is 14.8. The van der Waals surface area contributed by atoms with Gasteiger partial charge in [0, 0.05) is 9.99 Å². The van der Waals surface area contributed by atoms with E-state index >= 15 is 0 Å². The average Bonchev–Trinajstić information content (AvgIpc) is 2.77. The lowest BCUT2D eigenvalue weighted by molar-refractivity contribution is -0.135. The Kier molecular flexibility index (Phi) is 3.92. The van der Waals surface area contributed by atoms with E-state index in [0.717, 1.165) is 14.6 Å². The number of nitrogens with one attached hydrogen (secondary N) is 1.